The Hall–Kier alpha value is -2.04. The third kappa shape index (κ3) is 4.59. The average molecular weight is 394 g/mol. The van der Waals surface area contributed by atoms with Crippen LogP contribution in [0.3, 0.4) is 0 Å². The molecule has 4 nitrogen and oxygen atoms in total. The predicted molar refractivity (Wildman–Crippen MR) is 121 cm³/mol. The van der Waals surface area contributed by atoms with Crippen molar-refractivity contribution in [2.24, 2.45) is 0 Å². The van der Waals surface area contributed by atoms with Crippen molar-refractivity contribution in [2.45, 2.75) is 38.8 Å². The van der Waals surface area contributed by atoms with Crippen molar-refractivity contribution in [3.63, 3.8) is 0 Å². The summed E-state index contributed by atoms with van der Waals surface area (Å²) in [5.41, 5.74) is 4.10. The van der Waals surface area contributed by atoms with Crippen LogP contribution in [0.15, 0.2) is 48.5 Å². The van der Waals surface area contributed by atoms with Crippen LogP contribution in [0.25, 0.3) is 0 Å². The molecule has 2 saturated heterocycles. The minimum atomic E-state index is 0.520. The van der Waals surface area contributed by atoms with E-state index in [0.717, 1.165) is 24.9 Å². The molecule has 0 amide bonds. The van der Waals surface area contributed by atoms with Gasteiger partial charge >= 0.3 is 0 Å². The van der Waals surface area contributed by atoms with E-state index in [0.29, 0.717) is 6.04 Å². The first-order valence-corrected chi connectivity index (χ1v) is 11.1. The largest absolute Gasteiger partial charge is 0.497 e. The molecular weight excluding hydrogens is 358 g/mol. The molecule has 29 heavy (non-hydrogen) atoms. The normalized spacial score (nSPS) is 20.6. The van der Waals surface area contributed by atoms with Crippen LogP contribution in [-0.4, -0.2) is 62.2 Å². The summed E-state index contributed by atoms with van der Waals surface area (Å²) in [6, 6.07) is 18.6. The van der Waals surface area contributed by atoms with E-state index in [1.54, 1.807) is 7.11 Å². The Balaban J connectivity index is 1.28. The molecule has 2 aromatic rings. The maximum atomic E-state index is 5.36. The highest BCUT2D eigenvalue weighted by Crippen LogP contribution is 2.29. The first-order valence-electron chi connectivity index (χ1n) is 11.1. The summed E-state index contributed by atoms with van der Waals surface area (Å²) >= 11 is 0. The molecule has 1 unspecified atom stereocenters. The maximum absolute atomic E-state index is 5.36. The lowest BCUT2D eigenvalue weighted by atomic mass is 9.98. The molecule has 2 aliphatic heterocycles. The lowest BCUT2D eigenvalue weighted by Crippen LogP contribution is -2.53. The fourth-order valence-corrected chi connectivity index (χ4v) is 5.02. The standard InChI is InChI=1S/C25H35N3O/c1-20-19-24(29-3)9-10-25(20)28-17-15-27(16-18-28)23-11-13-26(14-12-23)21(2)22-7-5-4-6-8-22/h4-10,19,21,23H,11-18H2,1-3H3. The number of anilines is 1. The van der Waals surface area contributed by atoms with Crippen LogP contribution >= 0.6 is 0 Å². The highest BCUT2D eigenvalue weighted by Gasteiger charge is 2.29. The molecule has 0 saturated carbocycles. The third-order valence-electron chi connectivity index (χ3n) is 6.90. The number of rotatable bonds is 5. The zero-order valence-corrected chi connectivity index (χ0v) is 18.2. The quantitative estimate of drug-likeness (QED) is 0.752. The Morgan fingerprint density at radius 1 is 0.897 bits per heavy atom. The molecule has 4 rings (SSSR count). The minimum absolute atomic E-state index is 0.520. The third-order valence-corrected chi connectivity index (χ3v) is 6.90. The number of hydrogen-bond donors (Lipinski definition) is 0. The zero-order valence-electron chi connectivity index (χ0n) is 18.2. The van der Waals surface area contributed by atoms with Gasteiger partial charge in [0.2, 0.25) is 0 Å². The van der Waals surface area contributed by atoms with Crippen LogP contribution in [0.2, 0.25) is 0 Å². The van der Waals surface area contributed by atoms with Gasteiger partial charge in [-0.3, -0.25) is 9.80 Å². The molecule has 0 aromatic heterocycles. The molecule has 4 heteroatoms. The summed E-state index contributed by atoms with van der Waals surface area (Å²) in [5.74, 6) is 0.946. The first kappa shape index (κ1) is 20.2. The van der Waals surface area contributed by atoms with E-state index in [-0.39, 0.29) is 0 Å². The fourth-order valence-electron chi connectivity index (χ4n) is 5.02. The van der Waals surface area contributed by atoms with Gasteiger partial charge < -0.3 is 9.64 Å². The van der Waals surface area contributed by atoms with Crippen molar-refractivity contribution < 1.29 is 4.74 Å². The van der Waals surface area contributed by atoms with Crippen molar-refractivity contribution in [2.75, 3.05) is 51.3 Å². The van der Waals surface area contributed by atoms with E-state index in [4.69, 9.17) is 4.74 Å². The molecule has 0 spiro atoms. The summed E-state index contributed by atoms with van der Waals surface area (Å²) in [4.78, 5) is 7.93. The van der Waals surface area contributed by atoms with E-state index in [2.05, 4.69) is 77.1 Å². The van der Waals surface area contributed by atoms with Gasteiger partial charge in [-0.05, 0) is 56.0 Å². The fraction of sp³-hybridized carbons (Fsp3) is 0.520. The van der Waals surface area contributed by atoms with E-state index < -0.39 is 0 Å². The van der Waals surface area contributed by atoms with E-state index >= 15 is 0 Å². The number of nitrogens with zero attached hydrogens (tertiary/aromatic N) is 3. The average Bonchev–Trinajstić information content (AvgIpc) is 2.79. The van der Waals surface area contributed by atoms with Gasteiger partial charge in [-0.1, -0.05) is 30.3 Å². The Morgan fingerprint density at radius 3 is 2.21 bits per heavy atom. The summed E-state index contributed by atoms with van der Waals surface area (Å²) < 4.78 is 5.36. The van der Waals surface area contributed by atoms with Crippen LogP contribution in [0.1, 0.15) is 36.9 Å². The minimum Gasteiger partial charge on any atom is -0.497 e. The van der Waals surface area contributed by atoms with Crippen LogP contribution in [-0.2, 0) is 0 Å². The number of piperidine rings is 1. The van der Waals surface area contributed by atoms with Gasteiger partial charge in [-0.25, -0.2) is 0 Å². The van der Waals surface area contributed by atoms with E-state index in [9.17, 15) is 0 Å². The highest BCUT2D eigenvalue weighted by atomic mass is 16.5. The number of methoxy groups -OCH3 is 1. The number of benzene rings is 2. The van der Waals surface area contributed by atoms with Gasteiger partial charge in [0.1, 0.15) is 5.75 Å². The van der Waals surface area contributed by atoms with Gasteiger partial charge in [0.25, 0.3) is 0 Å². The lowest BCUT2D eigenvalue weighted by molar-refractivity contribution is 0.0840. The van der Waals surface area contributed by atoms with Crippen molar-refractivity contribution in [3.05, 3.63) is 59.7 Å². The van der Waals surface area contributed by atoms with Crippen LogP contribution in [0.5, 0.6) is 5.75 Å². The Bertz CT molecular complexity index is 778. The van der Waals surface area contributed by atoms with Gasteiger partial charge in [-0.15, -0.1) is 0 Å². The van der Waals surface area contributed by atoms with E-state index in [1.807, 2.05) is 0 Å². The molecule has 2 aliphatic rings. The summed E-state index contributed by atoms with van der Waals surface area (Å²) in [5, 5.41) is 0. The zero-order chi connectivity index (χ0) is 20.2. The Morgan fingerprint density at radius 2 is 1.59 bits per heavy atom. The molecule has 156 valence electrons. The van der Waals surface area contributed by atoms with Crippen molar-refractivity contribution >= 4 is 5.69 Å². The van der Waals surface area contributed by atoms with Crippen LogP contribution < -0.4 is 9.64 Å². The van der Waals surface area contributed by atoms with Crippen LogP contribution in [0.4, 0.5) is 5.69 Å². The molecule has 2 heterocycles. The maximum Gasteiger partial charge on any atom is 0.119 e. The first-order chi connectivity index (χ1) is 14.2. The SMILES string of the molecule is COc1ccc(N2CCN(C3CCN(C(C)c4ccccc4)CC3)CC2)c(C)c1. The van der Waals surface area contributed by atoms with Gasteiger partial charge in [0.15, 0.2) is 0 Å². The van der Waals surface area contributed by atoms with Crippen LogP contribution in [0, 0.1) is 6.92 Å². The van der Waals surface area contributed by atoms with Gasteiger partial charge in [-0.2, -0.15) is 0 Å². The molecule has 0 N–H and O–H groups in total. The molecule has 0 aliphatic carbocycles. The number of hydrogen-bond acceptors (Lipinski definition) is 4. The van der Waals surface area contributed by atoms with Crippen molar-refractivity contribution in [1.82, 2.24) is 9.80 Å². The topological polar surface area (TPSA) is 19.0 Å². The monoisotopic (exact) mass is 393 g/mol. The Kier molecular flexibility index (Phi) is 6.41. The number of aryl methyl sites for hydroxylation is 1. The molecule has 0 bridgehead atoms. The second-order valence-electron chi connectivity index (χ2n) is 8.53. The molecular formula is C25H35N3O. The second-order valence-corrected chi connectivity index (χ2v) is 8.53. The number of ether oxygens (including phenoxy) is 1. The molecule has 0 radical (unpaired) electrons. The summed E-state index contributed by atoms with van der Waals surface area (Å²) in [6.07, 6.45) is 2.58. The molecule has 2 aromatic carbocycles. The lowest BCUT2D eigenvalue weighted by Gasteiger charge is -2.44. The van der Waals surface area contributed by atoms with Gasteiger partial charge in [0.05, 0.1) is 7.11 Å². The highest BCUT2D eigenvalue weighted by molar-refractivity contribution is 5.56. The molecule has 1 atom stereocenters. The van der Waals surface area contributed by atoms with E-state index in [1.165, 1.54) is 55.8 Å². The molecule has 2 fully saturated rings. The Labute approximate surface area is 176 Å². The number of likely N-dealkylation sites (tertiary alicyclic amines) is 1. The predicted octanol–water partition coefficient (Wildman–Crippen LogP) is 4.35. The number of piperazine rings is 1. The smallest absolute Gasteiger partial charge is 0.119 e. The second kappa shape index (κ2) is 9.19. The van der Waals surface area contributed by atoms with Crippen molar-refractivity contribution in [1.29, 1.82) is 0 Å². The summed E-state index contributed by atoms with van der Waals surface area (Å²) in [7, 11) is 1.74. The van der Waals surface area contributed by atoms with Crippen molar-refractivity contribution in [3.8, 4) is 5.75 Å². The van der Waals surface area contributed by atoms with Gasteiger partial charge in [0, 0.05) is 57.0 Å². The summed E-state index contributed by atoms with van der Waals surface area (Å²) in [6.45, 7) is 11.5.